The number of nitrogens with zero attached hydrogens (tertiary/aromatic N) is 1. The van der Waals surface area contributed by atoms with Gasteiger partial charge >= 0.3 is 6.09 Å². The number of carbonyl (C=O) groups excluding carboxylic acids is 1. The van der Waals surface area contributed by atoms with Gasteiger partial charge in [-0.3, -0.25) is 4.99 Å². The standard InChI is InChI=1S/C21H36N4O3S/c1-21(2,3)28-20(26)25-17-9-7-16(8-10-17)24-19(23-13-15-29-4)22-12-11-18-6-5-14-27-18/h5-6,14,16-17H,7-13,15H2,1-4H3,(H,25,26)(H2,22,23,24). The number of ether oxygens (including phenoxy) is 1. The van der Waals surface area contributed by atoms with E-state index >= 15 is 0 Å². The molecule has 0 atom stereocenters. The minimum Gasteiger partial charge on any atom is -0.469 e. The van der Waals surface area contributed by atoms with Crippen molar-refractivity contribution in [3.05, 3.63) is 24.2 Å². The molecular weight excluding hydrogens is 388 g/mol. The largest absolute Gasteiger partial charge is 0.469 e. The molecule has 3 N–H and O–H groups in total. The third-order valence-electron chi connectivity index (χ3n) is 4.60. The van der Waals surface area contributed by atoms with Crippen molar-refractivity contribution in [3.63, 3.8) is 0 Å². The highest BCUT2D eigenvalue weighted by molar-refractivity contribution is 7.98. The van der Waals surface area contributed by atoms with E-state index in [1.165, 1.54) is 0 Å². The predicted octanol–water partition coefficient (Wildman–Crippen LogP) is 3.56. The van der Waals surface area contributed by atoms with Crippen LogP contribution in [0.4, 0.5) is 4.79 Å². The van der Waals surface area contributed by atoms with Crippen LogP contribution in [0.25, 0.3) is 0 Å². The Hall–Kier alpha value is -1.83. The second kappa shape index (κ2) is 12.0. The fourth-order valence-electron chi connectivity index (χ4n) is 3.21. The third-order valence-corrected chi connectivity index (χ3v) is 5.19. The van der Waals surface area contributed by atoms with Crippen LogP contribution in [0.15, 0.2) is 27.8 Å². The maximum absolute atomic E-state index is 12.0. The van der Waals surface area contributed by atoms with E-state index in [9.17, 15) is 4.79 Å². The molecule has 0 bridgehead atoms. The molecule has 0 radical (unpaired) electrons. The third kappa shape index (κ3) is 9.96. The first-order valence-corrected chi connectivity index (χ1v) is 11.8. The lowest BCUT2D eigenvalue weighted by Gasteiger charge is -2.31. The molecular formula is C21H36N4O3S. The molecule has 1 amide bonds. The molecule has 1 heterocycles. The molecule has 1 aromatic heterocycles. The number of guanidine groups is 1. The number of amides is 1. The molecule has 1 fully saturated rings. The predicted molar refractivity (Wildman–Crippen MR) is 120 cm³/mol. The van der Waals surface area contributed by atoms with Crippen molar-refractivity contribution in [1.82, 2.24) is 16.0 Å². The summed E-state index contributed by atoms with van der Waals surface area (Å²) in [4.78, 5) is 16.6. The van der Waals surface area contributed by atoms with Gasteiger partial charge in [-0.15, -0.1) is 0 Å². The van der Waals surface area contributed by atoms with Gasteiger partial charge in [0.2, 0.25) is 0 Å². The van der Waals surface area contributed by atoms with Crippen molar-refractivity contribution in [2.75, 3.05) is 25.1 Å². The number of rotatable bonds is 8. The van der Waals surface area contributed by atoms with Crippen LogP contribution in [-0.2, 0) is 11.2 Å². The van der Waals surface area contributed by atoms with E-state index < -0.39 is 5.60 Å². The van der Waals surface area contributed by atoms with Crippen LogP contribution in [-0.4, -0.2) is 54.8 Å². The SMILES string of the molecule is CSCCN=C(NCCc1ccco1)NC1CCC(NC(=O)OC(C)(C)C)CC1. The van der Waals surface area contributed by atoms with E-state index in [1.54, 1.807) is 18.0 Å². The summed E-state index contributed by atoms with van der Waals surface area (Å²) < 4.78 is 10.7. The Morgan fingerprint density at radius 3 is 2.52 bits per heavy atom. The van der Waals surface area contributed by atoms with Crippen molar-refractivity contribution in [3.8, 4) is 0 Å². The van der Waals surface area contributed by atoms with E-state index in [2.05, 4.69) is 27.2 Å². The molecule has 1 aliphatic carbocycles. The second-order valence-electron chi connectivity index (χ2n) is 8.32. The summed E-state index contributed by atoms with van der Waals surface area (Å²) in [6.45, 7) is 7.19. The molecule has 164 valence electrons. The van der Waals surface area contributed by atoms with Gasteiger partial charge in [0.1, 0.15) is 11.4 Å². The van der Waals surface area contributed by atoms with Gasteiger partial charge < -0.3 is 25.1 Å². The molecule has 0 spiro atoms. The number of hydrogen-bond acceptors (Lipinski definition) is 5. The van der Waals surface area contributed by atoms with Gasteiger partial charge in [-0.25, -0.2) is 4.79 Å². The van der Waals surface area contributed by atoms with Gasteiger partial charge in [-0.1, -0.05) is 0 Å². The van der Waals surface area contributed by atoms with Crippen LogP contribution in [0.3, 0.4) is 0 Å². The van der Waals surface area contributed by atoms with Gasteiger partial charge in [0.05, 0.1) is 12.8 Å². The summed E-state index contributed by atoms with van der Waals surface area (Å²) in [5.74, 6) is 2.82. The van der Waals surface area contributed by atoms with Crippen LogP contribution < -0.4 is 16.0 Å². The van der Waals surface area contributed by atoms with Crippen LogP contribution in [0.5, 0.6) is 0 Å². The van der Waals surface area contributed by atoms with E-state index in [-0.39, 0.29) is 12.1 Å². The lowest BCUT2D eigenvalue weighted by molar-refractivity contribution is 0.0490. The molecule has 0 aromatic carbocycles. The lowest BCUT2D eigenvalue weighted by atomic mass is 9.91. The molecule has 1 aromatic rings. The van der Waals surface area contributed by atoms with Crippen LogP contribution in [0.1, 0.15) is 52.2 Å². The molecule has 0 aliphatic heterocycles. The van der Waals surface area contributed by atoms with E-state index in [1.807, 2.05) is 32.9 Å². The quantitative estimate of drug-likeness (QED) is 0.336. The minimum absolute atomic E-state index is 0.173. The summed E-state index contributed by atoms with van der Waals surface area (Å²) >= 11 is 1.79. The maximum atomic E-state index is 12.0. The Balaban J connectivity index is 1.75. The number of aliphatic imine (C=N–C) groups is 1. The number of thioether (sulfide) groups is 1. The summed E-state index contributed by atoms with van der Waals surface area (Å²) in [5.41, 5.74) is -0.466. The zero-order valence-electron chi connectivity index (χ0n) is 18.1. The van der Waals surface area contributed by atoms with Crippen LogP contribution >= 0.6 is 11.8 Å². The molecule has 1 aliphatic rings. The average Bonchev–Trinajstić information content (AvgIpc) is 3.15. The number of alkyl carbamates (subject to hydrolysis) is 1. The zero-order chi connectivity index (χ0) is 21.1. The molecule has 0 unspecified atom stereocenters. The van der Waals surface area contributed by atoms with Gasteiger partial charge in [0, 0.05) is 30.8 Å². The van der Waals surface area contributed by atoms with Gasteiger partial charge in [0.25, 0.3) is 0 Å². The summed E-state index contributed by atoms with van der Waals surface area (Å²) in [5, 5.41) is 9.97. The van der Waals surface area contributed by atoms with Crippen molar-refractivity contribution < 1.29 is 13.9 Å². The van der Waals surface area contributed by atoms with Gasteiger partial charge in [-0.2, -0.15) is 11.8 Å². The molecule has 7 nitrogen and oxygen atoms in total. The number of hydrogen-bond donors (Lipinski definition) is 3. The lowest BCUT2D eigenvalue weighted by Crippen LogP contribution is -2.48. The highest BCUT2D eigenvalue weighted by atomic mass is 32.2. The Kier molecular flexibility index (Phi) is 9.70. The van der Waals surface area contributed by atoms with Crippen molar-refractivity contribution in [2.45, 2.75) is 70.6 Å². The van der Waals surface area contributed by atoms with Crippen molar-refractivity contribution in [2.24, 2.45) is 4.99 Å². The monoisotopic (exact) mass is 424 g/mol. The molecule has 1 saturated carbocycles. The Labute approximate surface area is 178 Å². The Morgan fingerprint density at radius 2 is 1.93 bits per heavy atom. The van der Waals surface area contributed by atoms with Crippen LogP contribution in [0.2, 0.25) is 0 Å². The van der Waals surface area contributed by atoms with Gasteiger partial charge in [-0.05, 0) is 64.8 Å². The highest BCUT2D eigenvalue weighted by Gasteiger charge is 2.25. The van der Waals surface area contributed by atoms with Crippen molar-refractivity contribution in [1.29, 1.82) is 0 Å². The van der Waals surface area contributed by atoms with Gasteiger partial charge in [0.15, 0.2) is 5.96 Å². The second-order valence-corrected chi connectivity index (χ2v) is 9.30. The summed E-state index contributed by atoms with van der Waals surface area (Å²) in [7, 11) is 0. The summed E-state index contributed by atoms with van der Waals surface area (Å²) in [6, 6.07) is 4.42. The number of carbonyl (C=O) groups is 1. The molecule has 2 rings (SSSR count). The first kappa shape index (κ1) is 23.4. The van der Waals surface area contributed by atoms with E-state index in [0.29, 0.717) is 6.04 Å². The normalized spacial score (nSPS) is 20.2. The summed E-state index contributed by atoms with van der Waals surface area (Å²) in [6.07, 6.45) is 8.12. The first-order valence-electron chi connectivity index (χ1n) is 10.4. The topological polar surface area (TPSA) is 87.9 Å². The van der Waals surface area contributed by atoms with E-state index in [0.717, 1.165) is 62.7 Å². The molecule has 29 heavy (non-hydrogen) atoms. The van der Waals surface area contributed by atoms with Crippen LogP contribution in [0, 0.1) is 0 Å². The van der Waals surface area contributed by atoms with E-state index in [4.69, 9.17) is 9.15 Å². The molecule has 0 saturated heterocycles. The van der Waals surface area contributed by atoms with Crippen molar-refractivity contribution >= 4 is 23.8 Å². The zero-order valence-corrected chi connectivity index (χ0v) is 18.9. The first-order chi connectivity index (χ1) is 13.9. The fraction of sp³-hybridized carbons (Fsp3) is 0.714. The average molecular weight is 425 g/mol. The number of nitrogens with one attached hydrogen (secondary N) is 3. The Morgan fingerprint density at radius 1 is 1.24 bits per heavy atom. The highest BCUT2D eigenvalue weighted by Crippen LogP contribution is 2.19. The molecule has 8 heteroatoms. The maximum Gasteiger partial charge on any atom is 0.407 e. The Bertz CT molecular complexity index is 620. The smallest absolute Gasteiger partial charge is 0.407 e. The fourth-order valence-corrected chi connectivity index (χ4v) is 3.48. The number of furan rings is 1. The minimum atomic E-state index is -0.466.